The van der Waals surface area contributed by atoms with Crippen LogP contribution in [0, 0.1) is 0 Å². The van der Waals surface area contributed by atoms with Gasteiger partial charge in [-0.2, -0.15) is 0 Å². The maximum absolute atomic E-state index is 13.1. The lowest BCUT2D eigenvalue weighted by Crippen LogP contribution is -2.44. The average molecular weight is 349 g/mol. The number of aromatic hydroxyl groups is 1. The number of pyridine rings is 1. The van der Waals surface area contributed by atoms with Gasteiger partial charge >= 0.3 is 0 Å². The van der Waals surface area contributed by atoms with E-state index in [4.69, 9.17) is 0 Å². The minimum absolute atomic E-state index is 0.107. The van der Waals surface area contributed by atoms with Crippen molar-refractivity contribution in [2.24, 2.45) is 0 Å². The molecule has 2 aromatic heterocycles. The summed E-state index contributed by atoms with van der Waals surface area (Å²) in [6, 6.07) is 11.4. The second kappa shape index (κ2) is 7.20. The molecule has 3 aromatic rings. The highest BCUT2D eigenvalue weighted by atomic mass is 16.3. The topological polar surface area (TPSA) is 57.8 Å². The molecule has 4 rings (SSSR count). The van der Waals surface area contributed by atoms with Gasteiger partial charge in [-0.15, -0.1) is 0 Å². The summed E-state index contributed by atoms with van der Waals surface area (Å²) in [7, 11) is 0. The molecule has 0 aliphatic carbocycles. The van der Waals surface area contributed by atoms with E-state index in [-0.39, 0.29) is 17.7 Å². The summed E-state index contributed by atoms with van der Waals surface area (Å²) < 4.78 is 1.89. The minimum Gasteiger partial charge on any atom is -0.508 e. The van der Waals surface area contributed by atoms with Crippen LogP contribution >= 0.6 is 0 Å². The molecular formula is C21H23N3O2. The van der Waals surface area contributed by atoms with E-state index in [0.29, 0.717) is 5.56 Å². The van der Waals surface area contributed by atoms with Crippen molar-refractivity contribution >= 4 is 11.6 Å². The van der Waals surface area contributed by atoms with E-state index in [1.54, 1.807) is 18.3 Å². The number of carbonyl (C=O) groups excluding carboxylic acids is 1. The van der Waals surface area contributed by atoms with E-state index in [0.717, 1.165) is 37.9 Å². The van der Waals surface area contributed by atoms with Crippen molar-refractivity contribution in [1.29, 1.82) is 0 Å². The zero-order valence-electron chi connectivity index (χ0n) is 14.7. The number of imidazole rings is 1. The van der Waals surface area contributed by atoms with E-state index in [1.807, 2.05) is 46.0 Å². The van der Waals surface area contributed by atoms with Crippen molar-refractivity contribution in [2.75, 3.05) is 6.54 Å². The number of fused-ring (bicyclic) bond motifs is 1. The van der Waals surface area contributed by atoms with Crippen molar-refractivity contribution in [3.05, 3.63) is 66.1 Å². The molecular weight excluding hydrogens is 326 g/mol. The molecule has 1 aromatic carbocycles. The highest BCUT2D eigenvalue weighted by Gasteiger charge is 2.27. The van der Waals surface area contributed by atoms with Gasteiger partial charge in [-0.1, -0.05) is 12.1 Å². The van der Waals surface area contributed by atoms with Gasteiger partial charge in [0.25, 0.3) is 5.91 Å². The molecule has 0 radical (unpaired) electrons. The molecule has 1 aliphatic heterocycles. The number of aryl methyl sites for hydroxylation is 1. The lowest BCUT2D eigenvalue weighted by molar-refractivity contribution is 0.0601. The van der Waals surface area contributed by atoms with Gasteiger partial charge in [0.1, 0.15) is 11.4 Å². The van der Waals surface area contributed by atoms with Crippen LogP contribution < -0.4 is 0 Å². The molecule has 1 N–H and O–H groups in total. The fraction of sp³-hybridized carbons (Fsp3) is 0.333. The molecule has 1 fully saturated rings. The lowest BCUT2D eigenvalue weighted by Gasteiger charge is -2.36. The summed E-state index contributed by atoms with van der Waals surface area (Å²) in [5.74, 6) is 0.397. The zero-order valence-corrected chi connectivity index (χ0v) is 14.7. The molecule has 0 saturated carbocycles. The number of hydrogen-bond acceptors (Lipinski definition) is 3. The fourth-order valence-electron chi connectivity index (χ4n) is 3.78. The summed E-state index contributed by atoms with van der Waals surface area (Å²) in [4.78, 5) is 19.4. The molecule has 3 heterocycles. The maximum atomic E-state index is 13.1. The number of rotatable bonds is 4. The van der Waals surface area contributed by atoms with Crippen LogP contribution in [0.3, 0.4) is 0 Å². The second-order valence-corrected chi connectivity index (χ2v) is 6.96. The normalized spacial score (nSPS) is 17.5. The van der Waals surface area contributed by atoms with Gasteiger partial charge in [-0.05, 0) is 61.9 Å². The Morgan fingerprint density at radius 1 is 1.15 bits per heavy atom. The Kier molecular flexibility index (Phi) is 4.61. The van der Waals surface area contributed by atoms with Gasteiger partial charge in [0.15, 0.2) is 0 Å². The highest BCUT2D eigenvalue weighted by Crippen LogP contribution is 2.24. The zero-order chi connectivity index (χ0) is 17.9. The van der Waals surface area contributed by atoms with E-state index in [1.165, 1.54) is 12.0 Å². The Hall–Kier alpha value is -2.82. The second-order valence-electron chi connectivity index (χ2n) is 6.96. The van der Waals surface area contributed by atoms with Gasteiger partial charge in [0.2, 0.25) is 0 Å². The van der Waals surface area contributed by atoms with Crippen molar-refractivity contribution < 1.29 is 9.90 Å². The van der Waals surface area contributed by atoms with Crippen LogP contribution in [0.1, 0.15) is 41.6 Å². The third-order valence-corrected chi connectivity index (χ3v) is 5.23. The monoisotopic (exact) mass is 349 g/mol. The number of aromatic nitrogens is 2. The van der Waals surface area contributed by atoms with Crippen LogP contribution in [0.2, 0.25) is 0 Å². The van der Waals surface area contributed by atoms with Crippen molar-refractivity contribution in [3.63, 3.8) is 0 Å². The average Bonchev–Trinajstić information content (AvgIpc) is 3.15. The number of phenolic OH excluding ortho intramolecular Hbond substituents is 1. The molecule has 5 nitrogen and oxygen atoms in total. The molecule has 1 aliphatic rings. The van der Waals surface area contributed by atoms with Gasteiger partial charge in [0.05, 0.1) is 5.56 Å². The molecule has 1 amide bonds. The predicted molar refractivity (Wildman–Crippen MR) is 100 cm³/mol. The first-order chi connectivity index (χ1) is 12.7. The molecule has 26 heavy (non-hydrogen) atoms. The number of hydrogen-bond donors (Lipinski definition) is 1. The van der Waals surface area contributed by atoms with Crippen LogP contribution in [0.4, 0.5) is 0 Å². The third kappa shape index (κ3) is 3.43. The summed E-state index contributed by atoms with van der Waals surface area (Å²) >= 11 is 0. The predicted octanol–water partition coefficient (Wildman–Crippen LogP) is 3.67. The Labute approximate surface area is 152 Å². The Balaban J connectivity index is 1.48. The number of likely N-dealkylation sites (tertiary alicyclic amines) is 1. The molecule has 5 heteroatoms. The van der Waals surface area contributed by atoms with Crippen LogP contribution in [0.25, 0.3) is 5.65 Å². The number of amides is 1. The maximum Gasteiger partial charge on any atom is 0.255 e. The molecule has 1 atom stereocenters. The lowest BCUT2D eigenvalue weighted by atomic mass is 9.95. The third-order valence-electron chi connectivity index (χ3n) is 5.23. The quantitative estimate of drug-likeness (QED) is 0.782. The summed E-state index contributed by atoms with van der Waals surface area (Å²) in [6.45, 7) is 0.820. The van der Waals surface area contributed by atoms with Gasteiger partial charge in [-0.25, -0.2) is 4.98 Å². The summed E-state index contributed by atoms with van der Waals surface area (Å²) in [5, 5.41) is 9.41. The number of piperidine rings is 1. The molecule has 0 unspecified atom stereocenters. The molecule has 1 saturated heterocycles. The Morgan fingerprint density at radius 2 is 2.00 bits per heavy atom. The van der Waals surface area contributed by atoms with E-state index >= 15 is 0 Å². The van der Waals surface area contributed by atoms with Crippen molar-refractivity contribution in [3.8, 4) is 5.75 Å². The van der Waals surface area contributed by atoms with Gasteiger partial charge in [0, 0.05) is 31.2 Å². The van der Waals surface area contributed by atoms with Crippen molar-refractivity contribution in [2.45, 2.75) is 38.1 Å². The van der Waals surface area contributed by atoms with Gasteiger partial charge < -0.3 is 14.4 Å². The molecule has 134 valence electrons. The fourth-order valence-corrected chi connectivity index (χ4v) is 3.78. The largest absolute Gasteiger partial charge is 0.508 e. The summed E-state index contributed by atoms with van der Waals surface area (Å²) in [6.07, 6.45) is 10.6. The first kappa shape index (κ1) is 16.6. The van der Waals surface area contributed by atoms with E-state index in [9.17, 15) is 9.90 Å². The number of benzene rings is 1. The van der Waals surface area contributed by atoms with E-state index in [2.05, 4.69) is 4.98 Å². The highest BCUT2D eigenvalue weighted by molar-refractivity contribution is 5.94. The smallest absolute Gasteiger partial charge is 0.255 e. The SMILES string of the molecule is O=C(c1ccc2nccn2c1)N1CCCC[C@H]1CCc1ccc(O)cc1. The molecule has 0 bridgehead atoms. The van der Waals surface area contributed by atoms with Crippen LogP contribution in [-0.2, 0) is 6.42 Å². The van der Waals surface area contributed by atoms with Crippen molar-refractivity contribution in [1.82, 2.24) is 14.3 Å². The molecule has 0 spiro atoms. The number of nitrogens with zero attached hydrogens (tertiary/aromatic N) is 3. The number of carbonyl (C=O) groups is 1. The van der Waals surface area contributed by atoms with Gasteiger partial charge in [-0.3, -0.25) is 4.79 Å². The standard InChI is InChI=1S/C21H23N3O2/c25-19-9-5-16(6-10-19)4-8-18-3-1-2-13-24(18)21(26)17-7-11-20-22-12-14-23(20)15-17/h5-7,9-12,14-15,18,25H,1-4,8,13H2/t18-/m0/s1. The van der Waals surface area contributed by atoms with E-state index < -0.39 is 0 Å². The number of phenols is 1. The Bertz CT molecular complexity index is 901. The minimum atomic E-state index is 0.107. The van der Waals surface area contributed by atoms with Crippen LogP contribution in [-0.4, -0.2) is 37.9 Å². The summed E-state index contributed by atoms with van der Waals surface area (Å²) in [5.41, 5.74) is 2.76. The first-order valence-corrected chi connectivity index (χ1v) is 9.22. The Morgan fingerprint density at radius 3 is 2.85 bits per heavy atom. The first-order valence-electron chi connectivity index (χ1n) is 9.22. The van der Waals surface area contributed by atoms with Crippen LogP contribution in [0.5, 0.6) is 5.75 Å². The van der Waals surface area contributed by atoms with Crippen LogP contribution in [0.15, 0.2) is 55.0 Å².